The van der Waals surface area contributed by atoms with Crippen LogP contribution in [0.4, 0.5) is 5.13 Å². The van der Waals surface area contributed by atoms with Crippen molar-refractivity contribution in [2.45, 2.75) is 25.8 Å². The first-order chi connectivity index (χ1) is 15.6. The Morgan fingerprint density at radius 3 is 2.56 bits per heavy atom. The molecule has 1 amide bonds. The zero-order valence-corrected chi connectivity index (χ0v) is 19.5. The summed E-state index contributed by atoms with van der Waals surface area (Å²) < 4.78 is 15.0. The number of anilines is 1. The number of piperazine rings is 1. The monoisotopic (exact) mass is 452 g/mol. The molecule has 1 aliphatic heterocycles. The number of ether oxygens (including phenoxy) is 2. The molecular formula is C24H28N4O3S. The van der Waals surface area contributed by atoms with Gasteiger partial charge in [-0.2, -0.15) is 4.37 Å². The van der Waals surface area contributed by atoms with Gasteiger partial charge in [-0.25, -0.2) is 4.98 Å². The second-order valence-corrected chi connectivity index (χ2v) is 8.66. The fraction of sp³-hybridized carbons (Fsp3) is 0.375. The lowest BCUT2D eigenvalue weighted by Crippen LogP contribution is -2.54. The average Bonchev–Trinajstić information content (AvgIpc) is 3.28. The van der Waals surface area contributed by atoms with E-state index in [9.17, 15) is 4.79 Å². The molecule has 7 nitrogen and oxygen atoms in total. The summed E-state index contributed by atoms with van der Waals surface area (Å²) >= 11 is 1.42. The first-order valence-corrected chi connectivity index (χ1v) is 11.5. The molecule has 1 aliphatic rings. The minimum atomic E-state index is 0.111. The molecule has 1 atom stereocenters. The fourth-order valence-electron chi connectivity index (χ4n) is 3.93. The molecule has 0 aliphatic carbocycles. The van der Waals surface area contributed by atoms with Gasteiger partial charge in [0.1, 0.15) is 17.3 Å². The van der Waals surface area contributed by atoms with Gasteiger partial charge in [-0.1, -0.05) is 24.3 Å². The zero-order chi connectivity index (χ0) is 22.5. The standard InChI is InChI=1S/C24H28N4O3S/c1-17-16-27(11-12-28(17)23(29)15-18-7-9-20(30-2)10-8-18)24-25-22(26-32-24)14-19-5-4-6-21(13-19)31-3/h4-10,13,17H,11-12,14-16H2,1-3H3. The zero-order valence-electron chi connectivity index (χ0n) is 18.7. The quantitative estimate of drug-likeness (QED) is 0.547. The van der Waals surface area contributed by atoms with Crippen molar-refractivity contribution in [2.75, 3.05) is 38.8 Å². The van der Waals surface area contributed by atoms with E-state index in [4.69, 9.17) is 14.5 Å². The minimum Gasteiger partial charge on any atom is -0.497 e. The van der Waals surface area contributed by atoms with Crippen LogP contribution >= 0.6 is 11.5 Å². The summed E-state index contributed by atoms with van der Waals surface area (Å²) in [6, 6.07) is 15.8. The summed E-state index contributed by atoms with van der Waals surface area (Å²) in [5.41, 5.74) is 2.12. The maximum absolute atomic E-state index is 12.9. The lowest BCUT2D eigenvalue weighted by molar-refractivity contribution is -0.132. The molecule has 1 fully saturated rings. The molecule has 0 saturated carbocycles. The highest BCUT2D eigenvalue weighted by Gasteiger charge is 2.29. The van der Waals surface area contributed by atoms with Crippen molar-refractivity contribution in [2.24, 2.45) is 0 Å². The Kier molecular flexibility index (Phi) is 6.90. The minimum absolute atomic E-state index is 0.111. The highest BCUT2D eigenvalue weighted by molar-refractivity contribution is 7.09. The first-order valence-electron chi connectivity index (χ1n) is 10.7. The van der Waals surface area contributed by atoms with Crippen LogP contribution in [0.15, 0.2) is 48.5 Å². The van der Waals surface area contributed by atoms with Crippen LogP contribution in [0.1, 0.15) is 23.9 Å². The second-order valence-electron chi connectivity index (χ2n) is 7.93. The molecular weight excluding hydrogens is 424 g/mol. The summed E-state index contributed by atoms with van der Waals surface area (Å²) in [6.07, 6.45) is 1.07. The van der Waals surface area contributed by atoms with Crippen molar-refractivity contribution in [3.05, 3.63) is 65.5 Å². The molecule has 4 rings (SSSR count). The number of hydrogen-bond donors (Lipinski definition) is 0. The number of methoxy groups -OCH3 is 2. The van der Waals surface area contributed by atoms with Crippen LogP contribution in [0.25, 0.3) is 0 Å². The van der Waals surface area contributed by atoms with E-state index < -0.39 is 0 Å². The van der Waals surface area contributed by atoms with Gasteiger partial charge in [0, 0.05) is 43.6 Å². The van der Waals surface area contributed by atoms with Gasteiger partial charge in [0.25, 0.3) is 0 Å². The van der Waals surface area contributed by atoms with Crippen LogP contribution in [0, 0.1) is 0 Å². The molecule has 3 aromatic rings. The molecule has 1 aromatic heterocycles. The van der Waals surface area contributed by atoms with Gasteiger partial charge < -0.3 is 19.3 Å². The molecule has 0 N–H and O–H groups in total. The second kappa shape index (κ2) is 9.99. The maximum atomic E-state index is 12.9. The number of aromatic nitrogens is 2. The average molecular weight is 453 g/mol. The van der Waals surface area contributed by atoms with E-state index in [0.717, 1.165) is 46.7 Å². The molecule has 0 bridgehead atoms. The summed E-state index contributed by atoms with van der Waals surface area (Å²) in [6.45, 7) is 4.28. The third kappa shape index (κ3) is 5.19. The molecule has 2 aromatic carbocycles. The Hall–Kier alpha value is -3.13. The van der Waals surface area contributed by atoms with E-state index in [-0.39, 0.29) is 11.9 Å². The van der Waals surface area contributed by atoms with E-state index in [1.165, 1.54) is 11.5 Å². The molecule has 32 heavy (non-hydrogen) atoms. The molecule has 8 heteroatoms. The van der Waals surface area contributed by atoms with E-state index >= 15 is 0 Å². The smallest absolute Gasteiger partial charge is 0.227 e. The van der Waals surface area contributed by atoms with Gasteiger partial charge in [0.15, 0.2) is 0 Å². The number of nitrogens with zero attached hydrogens (tertiary/aromatic N) is 4. The Morgan fingerprint density at radius 2 is 1.84 bits per heavy atom. The lowest BCUT2D eigenvalue weighted by atomic mass is 10.1. The molecule has 2 heterocycles. The summed E-state index contributed by atoms with van der Waals surface area (Å²) in [5.74, 6) is 2.59. The lowest BCUT2D eigenvalue weighted by Gasteiger charge is -2.39. The van der Waals surface area contributed by atoms with Gasteiger partial charge in [0.2, 0.25) is 11.0 Å². The highest BCUT2D eigenvalue weighted by Crippen LogP contribution is 2.24. The van der Waals surface area contributed by atoms with Crippen LogP contribution in [-0.4, -0.2) is 60.1 Å². The van der Waals surface area contributed by atoms with Crippen molar-refractivity contribution < 1.29 is 14.3 Å². The number of carbonyl (C=O) groups is 1. The first kappa shape index (κ1) is 22.1. The Balaban J connectivity index is 1.34. The third-order valence-electron chi connectivity index (χ3n) is 5.69. The number of hydrogen-bond acceptors (Lipinski definition) is 7. The maximum Gasteiger partial charge on any atom is 0.227 e. The van der Waals surface area contributed by atoms with E-state index in [0.29, 0.717) is 19.4 Å². The Bertz CT molecular complexity index is 1050. The van der Waals surface area contributed by atoms with E-state index in [1.807, 2.05) is 47.4 Å². The van der Waals surface area contributed by atoms with E-state index in [1.54, 1.807) is 14.2 Å². The predicted octanol–water partition coefficient (Wildman–Crippen LogP) is 3.43. The summed E-state index contributed by atoms with van der Waals surface area (Å²) in [5, 5.41) is 0.914. The van der Waals surface area contributed by atoms with Gasteiger partial charge in [-0.3, -0.25) is 4.79 Å². The molecule has 0 radical (unpaired) electrons. The number of carbonyl (C=O) groups excluding carboxylic acids is 1. The predicted molar refractivity (Wildman–Crippen MR) is 126 cm³/mol. The van der Waals surface area contributed by atoms with Crippen LogP contribution < -0.4 is 14.4 Å². The molecule has 168 valence electrons. The summed E-state index contributed by atoms with van der Waals surface area (Å²) in [4.78, 5) is 21.8. The largest absolute Gasteiger partial charge is 0.497 e. The number of benzene rings is 2. The SMILES string of the molecule is COc1ccc(CC(=O)N2CCN(c3nc(Cc4cccc(OC)c4)ns3)CC2C)cc1. The topological polar surface area (TPSA) is 67.8 Å². The van der Waals surface area contributed by atoms with Gasteiger partial charge in [-0.05, 0) is 42.3 Å². The fourth-order valence-corrected chi connectivity index (χ4v) is 4.65. The van der Waals surface area contributed by atoms with Crippen molar-refractivity contribution in [3.8, 4) is 11.5 Å². The van der Waals surface area contributed by atoms with Gasteiger partial charge >= 0.3 is 0 Å². The number of amides is 1. The van der Waals surface area contributed by atoms with Gasteiger partial charge in [-0.15, -0.1) is 0 Å². The summed E-state index contributed by atoms with van der Waals surface area (Å²) in [7, 11) is 3.31. The Morgan fingerprint density at radius 1 is 1.06 bits per heavy atom. The Labute approximate surface area is 192 Å². The molecule has 0 spiro atoms. The van der Waals surface area contributed by atoms with E-state index in [2.05, 4.69) is 22.3 Å². The van der Waals surface area contributed by atoms with Crippen molar-refractivity contribution in [1.29, 1.82) is 0 Å². The van der Waals surface area contributed by atoms with Crippen LogP contribution in [-0.2, 0) is 17.6 Å². The van der Waals surface area contributed by atoms with Gasteiger partial charge in [0.05, 0.1) is 20.6 Å². The molecule has 1 unspecified atom stereocenters. The van der Waals surface area contributed by atoms with Crippen LogP contribution in [0.5, 0.6) is 11.5 Å². The normalized spacial score (nSPS) is 16.2. The van der Waals surface area contributed by atoms with Crippen molar-refractivity contribution >= 4 is 22.6 Å². The van der Waals surface area contributed by atoms with Crippen LogP contribution in [0.2, 0.25) is 0 Å². The highest BCUT2D eigenvalue weighted by atomic mass is 32.1. The molecule has 1 saturated heterocycles. The third-order valence-corrected chi connectivity index (χ3v) is 6.50. The number of rotatable bonds is 7. The van der Waals surface area contributed by atoms with Crippen molar-refractivity contribution in [1.82, 2.24) is 14.3 Å². The van der Waals surface area contributed by atoms with Crippen molar-refractivity contribution in [3.63, 3.8) is 0 Å². The van der Waals surface area contributed by atoms with Crippen LogP contribution in [0.3, 0.4) is 0 Å².